The van der Waals surface area contributed by atoms with Gasteiger partial charge in [0.1, 0.15) is 12.0 Å². The number of fused-ring (bicyclic) bond motifs is 1. The van der Waals surface area contributed by atoms with Gasteiger partial charge >= 0.3 is 6.03 Å². The van der Waals surface area contributed by atoms with Crippen LogP contribution in [0.3, 0.4) is 0 Å². The first-order valence-corrected chi connectivity index (χ1v) is 9.67. The number of hydrogen-bond acceptors (Lipinski definition) is 4. The fraction of sp³-hybridized carbons (Fsp3) is 0.273. The van der Waals surface area contributed by atoms with Crippen LogP contribution >= 0.6 is 0 Å². The Morgan fingerprint density at radius 2 is 1.72 bits per heavy atom. The molecule has 1 aliphatic heterocycles. The topological polar surface area (TPSA) is 88.7 Å². The molecule has 29 heavy (non-hydrogen) atoms. The highest BCUT2D eigenvalue weighted by Gasteiger charge is 2.17. The van der Waals surface area contributed by atoms with Gasteiger partial charge in [0.2, 0.25) is 0 Å². The summed E-state index contributed by atoms with van der Waals surface area (Å²) in [6, 6.07) is 14.6. The summed E-state index contributed by atoms with van der Waals surface area (Å²) in [6.45, 7) is 3.49. The minimum Gasteiger partial charge on any atom is -0.458 e. The Hall–Kier alpha value is -3.48. The van der Waals surface area contributed by atoms with Gasteiger partial charge in [-0.05, 0) is 30.2 Å². The lowest BCUT2D eigenvalue weighted by Crippen LogP contribution is -2.36. The second kappa shape index (κ2) is 10.2. The normalized spacial score (nSPS) is 12.0. The molecular weight excluding hydrogens is 370 g/mol. The van der Waals surface area contributed by atoms with E-state index >= 15 is 0 Å². The van der Waals surface area contributed by atoms with Crippen molar-refractivity contribution in [1.82, 2.24) is 16.0 Å². The summed E-state index contributed by atoms with van der Waals surface area (Å²) in [4.78, 5) is 24.0. The minimum absolute atomic E-state index is 0.189. The molecule has 0 bridgehead atoms. The molecule has 2 aromatic rings. The van der Waals surface area contributed by atoms with E-state index in [1.165, 1.54) is 6.26 Å². The maximum atomic E-state index is 12.4. The average molecular weight is 395 g/mol. The summed E-state index contributed by atoms with van der Waals surface area (Å²) in [5.41, 5.74) is 1.51. The molecule has 0 unspecified atom stereocenters. The van der Waals surface area contributed by atoms with Crippen LogP contribution < -0.4 is 25.4 Å². The van der Waals surface area contributed by atoms with E-state index in [1.807, 2.05) is 37.3 Å². The largest absolute Gasteiger partial charge is 0.458 e. The van der Waals surface area contributed by atoms with Crippen molar-refractivity contribution in [2.24, 2.45) is 0 Å². The first-order valence-electron chi connectivity index (χ1n) is 9.67. The molecule has 0 aliphatic carbocycles. The van der Waals surface area contributed by atoms with Crippen LogP contribution in [-0.4, -0.2) is 25.0 Å². The molecule has 1 aliphatic rings. The Labute approximate surface area is 170 Å². The highest BCUT2D eigenvalue weighted by molar-refractivity contribution is 5.94. The van der Waals surface area contributed by atoms with Crippen molar-refractivity contribution in [3.63, 3.8) is 0 Å². The second-order valence-corrected chi connectivity index (χ2v) is 6.57. The van der Waals surface area contributed by atoms with Crippen LogP contribution in [0.2, 0.25) is 0 Å². The zero-order valence-corrected chi connectivity index (χ0v) is 16.4. The number of amides is 3. The molecule has 3 N–H and O–H groups in total. The first kappa shape index (κ1) is 20.3. The highest BCUT2D eigenvalue weighted by atomic mass is 16.6. The molecule has 0 atom stereocenters. The minimum atomic E-state index is -0.207. The number of carbonyl (C=O) groups is 2. The van der Waals surface area contributed by atoms with Gasteiger partial charge in [0.15, 0.2) is 11.5 Å². The van der Waals surface area contributed by atoms with Gasteiger partial charge in [-0.1, -0.05) is 37.3 Å². The number of rotatable bonds is 8. The van der Waals surface area contributed by atoms with E-state index < -0.39 is 0 Å². The van der Waals surface area contributed by atoms with Crippen molar-refractivity contribution in [3.05, 3.63) is 71.7 Å². The Morgan fingerprint density at radius 1 is 0.931 bits per heavy atom. The standard InChI is InChI=1S/C22H25N3O4/c1-2-11-23-22(27)24-12-10-18-15-28-19-9-8-17(13-20(19)29-18)21(26)25-14-16-6-4-3-5-7-16/h3-9,13,15H,2,10-12,14H2,1H3,(H,25,26)(H2,23,24,27). The predicted molar refractivity (Wildman–Crippen MR) is 110 cm³/mol. The van der Waals surface area contributed by atoms with E-state index in [-0.39, 0.29) is 11.9 Å². The molecule has 0 spiro atoms. The van der Waals surface area contributed by atoms with Gasteiger partial charge in [-0.15, -0.1) is 0 Å². The van der Waals surface area contributed by atoms with Gasteiger partial charge in [-0.25, -0.2) is 4.79 Å². The van der Waals surface area contributed by atoms with Crippen LogP contribution in [-0.2, 0) is 6.54 Å². The molecule has 0 saturated carbocycles. The van der Waals surface area contributed by atoms with Crippen LogP contribution in [0.1, 0.15) is 35.7 Å². The summed E-state index contributed by atoms with van der Waals surface area (Å²) in [5, 5.41) is 8.40. The van der Waals surface area contributed by atoms with Crippen molar-refractivity contribution in [3.8, 4) is 11.5 Å². The van der Waals surface area contributed by atoms with Crippen molar-refractivity contribution in [1.29, 1.82) is 0 Å². The van der Waals surface area contributed by atoms with Gasteiger partial charge in [-0.3, -0.25) is 4.79 Å². The Morgan fingerprint density at radius 3 is 2.52 bits per heavy atom. The van der Waals surface area contributed by atoms with E-state index in [1.54, 1.807) is 18.2 Å². The summed E-state index contributed by atoms with van der Waals surface area (Å²) in [5.74, 6) is 1.41. The maximum absolute atomic E-state index is 12.4. The fourth-order valence-electron chi connectivity index (χ4n) is 2.71. The van der Waals surface area contributed by atoms with Gasteiger partial charge in [0.05, 0.1) is 0 Å². The van der Waals surface area contributed by atoms with Crippen molar-refractivity contribution >= 4 is 11.9 Å². The van der Waals surface area contributed by atoms with Crippen LogP contribution in [0.5, 0.6) is 11.5 Å². The molecule has 1 heterocycles. The van der Waals surface area contributed by atoms with Crippen LogP contribution in [0.4, 0.5) is 4.79 Å². The number of ether oxygens (including phenoxy) is 2. The summed E-state index contributed by atoms with van der Waals surface area (Å²) in [6.07, 6.45) is 2.88. The summed E-state index contributed by atoms with van der Waals surface area (Å²) in [7, 11) is 0. The van der Waals surface area contributed by atoms with E-state index in [0.717, 1.165) is 12.0 Å². The van der Waals surface area contributed by atoms with Gasteiger partial charge in [0, 0.05) is 31.6 Å². The molecule has 0 aromatic heterocycles. The van der Waals surface area contributed by atoms with Crippen molar-refractivity contribution < 1.29 is 19.1 Å². The monoisotopic (exact) mass is 395 g/mol. The molecule has 0 radical (unpaired) electrons. The fourth-order valence-corrected chi connectivity index (χ4v) is 2.71. The molecule has 0 saturated heterocycles. The zero-order valence-electron chi connectivity index (χ0n) is 16.4. The number of benzene rings is 2. The second-order valence-electron chi connectivity index (χ2n) is 6.57. The molecule has 3 rings (SSSR count). The Kier molecular flexibility index (Phi) is 7.10. The number of nitrogens with one attached hydrogen (secondary N) is 3. The quantitative estimate of drug-likeness (QED) is 0.640. The zero-order chi connectivity index (χ0) is 20.5. The molecule has 3 amide bonds. The summed E-state index contributed by atoms with van der Waals surface area (Å²) >= 11 is 0. The van der Waals surface area contributed by atoms with Crippen LogP contribution in [0, 0.1) is 0 Å². The molecule has 7 heteroatoms. The van der Waals surface area contributed by atoms with E-state index in [0.29, 0.717) is 48.9 Å². The van der Waals surface area contributed by atoms with Gasteiger partial charge in [0.25, 0.3) is 5.91 Å². The third-order valence-electron chi connectivity index (χ3n) is 4.25. The molecule has 152 valence electrons. The molecule has 0 fully saturated rings. The van der Waals surface area contributed by atoms with Crippen molar-refractivity contribution in [2.45, 2.75) is 26.3 Å². The SMILES string of the molecule is CCCNC(=O)NCCC1=COc2ccc(C(=O)NCc3ccccc3)cc2O1. The number of carbonyl (C=O) groups excluding carboxylic acids is 2. The maximum Gasteiger partial charge on any atom is 0.314 e. The van der Waals surface area contributed by atoms with Gasteiger partial charge in [-0.2, -0.15) is 0 Å². The molecule has 2 aromatic carbocycles. The summed E-state index contributed by atoms with van der Waals surface area (Å²) < 4.78 is 11.4. The van der Waals surface area contributed by atoms with E-state index in [2.05, 4.69) is 16.0 Å². The Balaban J connectivity index is 1.52. The number of urea groups is 1. The number of hydrogen-bond donors (Lipinski definition) is 3. The lowest BCUT2D eigenvalue weighted by Gasteiger charge is -2.19. The van der Waals surface area contributed by atoms with Gasteiger partial charge < -0.3 is 25.4 Å². The third-order valence-corrected chi connectivity index (χ3v) is 4.25. The lowest BCUT2D eigenvalue weighted by atomic mass is 10.1. The lowest BCUT2D eigenvalue weighted by molar-refractivity contribution is 0.0950. The third kappa shape index (κ3) is 6.00. The average Bonchev–Trinajstić information content (AvgIpc) is 2.76. The van der Waals surface area contributed by atoms with Crippen LogP contribution in [0.15, 0.2) is 60.6 Å². The smallest absolute Gasteiger partial charge is 0.314 e. The van der Waals surface area contributed by atoms with E-state index in [4.69, 9.17) is 9.47 Å². The van der Waals surface area contributed by atoms with E-state index in [9.17, 15) is 9.59 Å². The molecule has 7 nitrogen and oxygen atoms in total. The predicted octanol–water partition coefficient (Wildman–Crippen LogP) is 3.33. The first-order chi connectivity index (χ1) is 14.2. The Bertz CT molecular complexity index is 881. The van der Waals surface area contributed by atoms with Crippen LogP contribution in [0.25, 0.3) is 0 Å². The van der Waals surface area contributed by atoms with Crippen molar-refractivity contribution in [2.75, 3.05) is 13.1 Å². The molecular formula is C22H25N3O4. The highest BCUT2D eigenvalue weighted by Crippen LogP contribution is 2.34.